The van der Waals surface area contributed by atoms with Crippen LogP contribution in [0, 0.1) is 0 Å². The van der Waals surface area contributed by atoms with Gasteiger partial charge in [-0.25, -0.2) is 4.79 Å². The fourth-order valence-corrected chi connectivity index (χ4v) is 4.11. The lowest BCUT2D eigenvalue weighted by molar-refractivity contribution is -0.122. The van der Waals surface area contributed by atoms with E-state index in [9.17, 15) is 9.59 Å². The predicted molar refractivity (Wildman–Crippen MR) is 144 cm³/mol. The van der Waals surface area contributed by atoms with Crippen molar-refractivity contribution in [1.29, 1.82) is 0 Å². The summed E-state index contributed by atoms with van der Waals surface area (Å²) in [6, 6.07) is 25.0. The van der Waals surface area contributed by atoms with Crippen LogP contribution < -0.4 is 20.7 Å². The quantitative estimate of drug-likeness (QED) is 0.344. The van der Waals surface area contributed by atoms with Crippen molar-refractivity contribution in [3.63, 3.8) is 0 Å². The molecule has 0 bridgehead atoms. The molecule has 0 radical (unpaired) electrons. The molecule has 0 aromatic heterocycles. The Kier molecular flexibility index (Phi) is 9.92. The number of benzene rings is 3. The molecule has 1 atom stereocenters. The first-order chi connectivity index (χ1) is 18.2. The lowest BCUT2D eigenvalue weighted by Gasteiger charge is -2.26. The van der Waals surface area contributed by atoms with Crippen LogP contribution in [0.3, 0.4) is 0 Å². The van der Waals surface area contributed by atoms with E-state index in [2.05, 4.69) is 20.9 Å². The molecular weight excluding hydrogens is 468 g/mol. The number of anilines is 1. The van der Waals surface area contributed by atoms with E-state index >= 15 is 0 Å². The maximum absolute atomic E-state index is 13.1. The van der Waals surface area contributed by atoms with Gasteiger partial charge in [0.25, 0.3) is 0 Å². The Labute approximate surface area is 218 Å². The molecule has 8 nitrogen and oxygen atoms in total. The maximum atomic E-state index is 13.1. The fraction of sp³-hybridized carbons (Fsp3) is 0.310. The minimum Gasteiger partial charge on any atom is -0.455 e. The van der Waals surface area contributed by atoms with Gasteiger partial charge in [-0.1, -0.05) is 60.7 Å². The minimum atomic E-state index is -0.729. The van der Waals surface area contributed by atoms with Crippen LogP contribution in [-0.2, 0) is 16.0 Å². The highest BCUT2D eigenvalue weighted by molar-refractivity contribution is 5.94. The van der Waals surface area contributed by atoms with Crippen LogP contribution in [0.15, 0.2) is 84.9 Å². The van der Waals surface area contributed by atoms with Crippen molar-refractivity contribution in [2.75, 3.05) is 44.7 Å². The van der Waals surface area contributed by atoms with Gasteiger partial charge < -0.3 is 25.4 Å². The van der Waals surface area contributed by atoms with Crippen molar-refractivity contribution in [2.24, 2.45) is 0 Å². The van der Waals surface area contributed by atoms with Gasteiger partial charge in [0.2, 0.25) is 5.91 Å². The predicted octanol–water partition coefficient (Wildman–Crippen LogP) is 4.05. The molecule has 194 valence electrons. The Morgan fingerprint density at radius 1 is 0.892 bits per heavy atom. The smallest absolute Gasteiger partial charge is 0.320 e. The number of rotatable bonds is 11. The van der Waals surface area contributed by atoms with Crippen LogP contribution in [0.5, 0.6) is 11.5 Å². The third-order valence-electron chi connectivity index (χ3n) is 6.06. The van der Waals surface area contributed by atoms with Gasteiger partial charge in [-0.05, 0) is 42.8 Å². The van der Waals surface area contributed by atoms with E-state index < -0.39 is 12.1 Å². The first kappa shape index (κ1) is 26.2. The highest BCUT2D eigenvalue weighted by Crippen LogP contribution is 2.29. The van der Waals surface area contributed by atoms with Crippen LogP contribution in [0.25, 0.3) is 0 Å². The van der Waals surface area contributed by atoms with Gasteiger partial charge in [0.15, 0.2) is 5.75 Å². The Morgan fingerprint density at radius 3 is 2.32 bits per heavy atom. The third kappa shape index (κ3) is 8.63. The molecule has 1 heterocycles. The standard InChI is InChI=1S/C29H34N4O4/c34-28(30-16-9-17-33-18-20-36-21-19-33)26(22-23-10-3-1-4-11-23)32-29(35)31-25-14-7-8-15-27(25)37-24-12-5-2-6-13-24/h1-8,10-15,26H,9,16-22H2,(H,30,34)(H2,31,32,35)/t26-/m0/s1. The molecule has 0 unspecified atom stereocenters. The van der Waals surface area contributed by atoms with E-state index in [1.165, 1.54) is 0 Å². The van der Waals surface area contributed by atoms with Gasteiger partial charge in [0, 0.05) is 26.1 Å². The number of hydrogen-bond acceptors (Lipinski definition) is 5. The van der Waals surface area contributed by atoms with Crippen molar-refractivity contribution in [3.8, 4) is 11.5 Å². The van der Waals surface area contributed by atoms with Crippen molar-refractivity contribution in [3.05, 3.63) is 90.5 Å². The Hall–Kier alpha value is -3.88. The Morgan fingerprint density at radius 2 is 1.57 bits per heavy atom. The minimum absolute atomic E-state index is 0.213. The number of para-hydroxylation sites is 3. The van der Waals surface area contributed by atoms with Crippen LogP contribution in [0.2, 0.25) is 0 Å². The number of ether oxygens (including phenoxy) is 2. The molecule has 3 aromatic rings. The summed E-state index contributed by atoms with van der Waals surface area (Å²) in [5.41, 5.74) is 1.47. The highest BCUT2D eigenvalue weighted by Gasteiger charge is 2.22. The Balaban J connectivity index is 1.35. The fourth-order valence-electron chi connectivity index (χ4n) is 4.11. The zero-order valence-electron chi connectivity index (χ0n) is 20.9. The molecule has 0 spiro atoms. The normalized spacial score (nSPS) is 14.4. The van der Waals surface area contributed by atoms with Gasteiger partial charge in [-0.2, -0.15) is 0 Å². The molecule has 8 heteroatoms. The van der Waals surface area contributed by atoms with Crippen molar-refractivity contribution in [1.82, 2.24) is 15.5 Å². The van der Waals surface area contributed by atoms with Gasteiger partial charge in [-0.3, -0.25) is 9.69 Å². The monoisotopic (exact) mass is 502 g/mol. The van der Waals surface area contributed by atoms with E-state index in [0.717, 1.165) is 44.8 Å². The number of morpholine rings is 1. The molecule has 4 rings (SSSR count). The largest absolute Gasteiger partial charge is 0.455 e. The summed E-state index contributed by atoms with van der Waals surface area (Å²) in [5.74, 6) is 0.960. The van der Waals surface area contributed by atoms with Gasteiger partial charge in [-0.15, -0.1) is 0 Å². The zero-order valence-corrected chi connectivity index (χ0v) is 20.9. The lowest BCUT2D eigenvalue weighted by Crippen LogP contribution is -2.49. The number of hydrogen-bond donors (Lipinski definition) is 3. The van der Waals surface area contributed by atoms with E-state index in [4.69, 9.17) is 9.47 Å². The molecule has 0 saturated carbocycles. The van der Waals surface area contributed by atoms with E-state index in [1.807, 2.05) is 72.8 Å². The second-order valence-electron chi connectivity index (χ2n) is 8.85. The molecular formula is C29H34N4O4. The molecule has 1 fully saturated rings. The number of amides is 3. The number of carbonyl (C=O) groups excluding carboxylic acids is 2. The summed E-state index contributed by atoms with van der Waals surface area (Å²) in [5, 5.41) is 8.68. The molecule has 3 amide bonds. The van der Waals surface area contributed by atoms with Gasteiger partial charge in [0.1, 0.15) is 11.8 Å². The second-order valence-corrected chi connectivity index (χ2v) is 8.85. The number of nitrogens with zero attached hydrogens (tertiary/aromatic N) is 1. The van der Waals surface area contributed by atoms with E-state index in [0.29, 0.717) is 30.2 Å². The molecule has 3 aromatic carbocycles. The molecule has 37 heavy (non-hydrogen) atoms. The Bertz CT molecular complexity index is 1120. The number of urea groups is 1. The van der Waals surface area contributed by atoms with Crippen molar-refractivity contribution < 1.29 is 19.1 Å². The zero-order chi connectivity index (χ0) is 25.7. The van der Waals surface area contributed by atoms with Crippen LogP contribution >= 0.6 is 0 Å². The summed E-state index contributed by atoms with van der Waals surface area (Å²) in [6.07, 6.45) is 1.21. The second kappa shape index (κ2) is 14.0. The van der Waals surface area contributed by atoms with Crippen LogP contribution in [0.4, 0.5) is 10.5 Å². The van der Waals surface area contributed by atoms with E-state index in [1.54, 1.807) is 12.1 Å². The summed E-state index contributed by atoms with van der Waals surface area (Å²) in [6.45, 7) is 4.79. The number of carbonyl (C=O) groups is 2. The molecule has 0 aliphatic carbocycles. The van der Waals surface area contributed by atoms with Gasteiger partial charge >= 0.3 is 6.03 Å². The SMILES string of the molecule is O=C(Nc1ccccc1Oc1ccccc1)N[C@@H](Cc1ccccc1)C(=O)NCCCN1CCOCC1. The first-order valence-corrected chi connectivity index (χ1v) is 12.7. The summed E-state index contributed by atoms with van der Waals surface area (Å²) >= 11 is 0. The van der Waals surface area contributed by atoms with Gasteiger partial charge in [0.05, 0.1) is 18.9 Å². The lowest BCUT2D eigenvalue weighted by atomic mass is 10.1. The average Bonchev–Trinajstić information content (AvgIpc) is 2.93. The maximum Gasteiger partial charge on any atom is 0.320 e. The average molecular weight is 503 g/mol. The highest BCUT2D eigenvalue weighted by atomic mass is 16.5. The first-order valence-electron chi connectivity index (χ1n) is 12.7. The molecule has 1 saturated heterocycles. The molecule has 1 aliphatic rings. The topological polar surface area (TPSA) is 91.9 Å². The van der Waals surface area contributed by atoms with Crippen LogP contribution in [0.1, 0.15) is 12.0 Å². The summed E-state index contributed by atoms with van der Waals surface area (Å²) in [4.78, 5) is 28.4. The summed E-state index contributed by atoms with van der Waals surface area (Å²) < 4.78 is 11.3. The number of nitrogens with one attached hydrogen (secondary N) is 3. The molecule has 1 aliphatic heterocycles. The third-order valence-corrected chi connectivity index (χ3v) is 6.06. The molecule has 3 N–H and O–H groups in total. The van der Waals surface area contributed by atoms with Crippen LogP contribution in [-0.4, -0.2) is 62.3 Å². The van der Waals surface area contributed by atoms with Crippen molar-refractivity contribution >= 4 is 17.6 Å². The van der Waals surface area contributed by atoms with Crippen molar-refractivity contribution in [2.45, 2.75) is 18.9 Å². The summed E-state index contributed by atoms with van der Waals surface area (Å²) in [7, 11) is 0. The van der Waals surface area contributed by atoms with E-state index in [-0.39, 0.29) is 5.91 Å².